The second kappa shape index (κ2) is 6.46. The molecule has 3 nitrogen and oxygen atoms in total. The van der Waals surface area contributed by atoms with Crippen molar-refractivity contribution in [1.82, 2.24) is 5.32 Å². The normalized spacial score (nSPS) is 29.4. The van der Waals surface area contributed by atoms with Gasteiger partial charge in [-0.3, -0.25) is 0 Å². The lowest BCUT2D eigenvalue weighted by Gasteiger charge is -2.32. The Hall–Kier alpha value is -0.120. The molecule has 90 valence electrons. The minimum Gasteiger partial charge on any atom is -0.395 e. The molecule has 3 heteroatoms. The predicted octanol–water partition coefficient (Wildman–Crippen LogP) is 1.55. The first kappa shape index (κ1) is 12.9. The van der Waals surface area contributed by atoms with Gasteiger partial charge in [-0.05, 0) is 31.6 Å². The van der Waals surface area contributed by atoms with Gasteiger partial charge in [0.15, 0.2) is 0 Å². The van der Waals surface area contributed by atoms with E-state index in [1.54, 1.807) is 7.11 Å². The van der Waals surface area contributed by atoms with Gasteiger partial charge in [-0.1, -0.05) is 13.8 Å². The standard InChI is InChI=1S/C12H25NO2/c1-9(2)12(8-14)13-10-4-6-11(15-3)7-5-10/h9-14H,4-8H2,1-3H3. The Kier molecular flexibility index (Phi) is 5.58. The molecule has 1 fully saturated rings. The van der Waals surface area contributed by atoms with Crippen LogP contribution in [-0.4, -0.2) is 37.0 Å². The van der Waals surface area contributed by atoms with Crippen LogP contribution < -0.4 is 5.32 Å². The Balaban J connectivity index is 2.28. The maximum Gasteiger partial charge on any atom is 0.0587 e. The van der Waals surface area contributed by atoms with Gasteiger partial charge in [0.1, 0.15) is 0 Å². The fourth-order valence-electron chi connectivity index (χ4n) is 2.22. The molecule has 1 rings (SSSR count). The molecule has 0 aliphatic heterocycles. The number of ether oxygens (including phenoxy) is 1. The average molecular weight is 215 g/mol. The Morgan fingerprint density at radius 1 is 1.27 bits per heavy atom. The first-order valence-corrected chi connectivity index (χ1v) is 6.07. The number of methoxy groups -OCH3 is 1. The third kappa shape index (κ3) is 4.09. The van der Waals surface area contributed by atoms with Gasteiger partial charge >= 0.3 is 0 Å². The summed E-state index contributed by atoms with van der Waals surface area (Å²) in [4.78, 5) is 0. The molecule has 15 heavy (non-hydrogen) atoms. The summed E-state index contributed by atoms with van der Waals surface area (Å²) in [5.74, 6) is 0.496. The van der Waals surface area contributed by atoms with Crippen LogP contribution in [-0.2, 0) is 4.74 Å². The molecule has 1 aliphatic carbocycles. The van der Waals surface area contributed by atoms with E-state index in [1.165, 1.54) is 12.8 Å². The topological polar surface area (TPSA) is 41.5 Å². The highest BCUT2D eigenvalue weighted by atomic mass is 16.5. The van der Waals surface area contributed by atoms with Crippen LogP contribution in [0.25, 0.3) is 0 Å². The number of hydrogen-bond donors (Lipinski definition) is 2. The van der Waals surface area contributed by atoms with E-state index < -0.39 is 0 Å². The van der Waals surface area contributed by atoms with E-state index in [9.17, 15) is 5.11 Å². The molecule has 1 atom stereocenters. The zero-order valence-corrected chi connectivity index (χ0v) is 10.2. The highest BCUT2D eigenvalue weighted by molar-refractivity contribution is 4.81. The van der Waals surface area contributed by atoms with Crippen LogP contribution in [0.4, 0.5) is 0 Å². The van der Waals surface area contributed by atoms with Gasteiger partial charge in [-0.2, -0.15) is 0 Å². The lowest BCUT2D eigenvalue weighted by atomic mass is 9.91. The van der Waals surface area contributed by atoms with Crippen LogP contribution in [0.1, 0.15) is 39.5 Å². The molecule has 0 radical (unpaired) electrons. The number of nitrogens with one attached hydrogen (secondary N) is 1. The minimum absolute atomic E-state index is 0.238. The highest BCUT2D eigenvalue weighted by Crippen LogP contribution is 2.21. The van der Waals surface area contributed by atoms with E-state index in [0.717, 1.165) is 12.8 Å². The van der Waals surface area contributed by atoms with Gasteiger partial charge in [0, 0.05) is 19.2 Å². The first-order chi connectivity index (χ1) is 7.17. The number of aliphatic hydroxyl groups excluding tert-OH is 1. The van der Waals surface area contributed by atoms with Crippen LogP contribution in [0.3, 0.4) is 0 Å². The zero-order chi connectivity index (χ0) is 11.3. The van der Waals surface area contributed by atoms with Crippen LogP contribution in [0.15, 0.2) is 0 Å². The van der Waals surface area contributed by atoms with Gasteiger partial charge in [0.05, 0.1) is 12.7 Å². The van der Waals surface area contributed by atoms with Gasteiger partial charge in [0.25, 0.3) is 0 Å². The maximum absolute atomic E-state index is 9.24. The molecule has 1 unspecified atom stereocenters. The van der Waals surface area contributed by atoms with Crippen molar-refractivity contribution in [3.8, 4) is 0 Å². The summed E-state index contributed by atoms with van der Waals surface area (Å²) >= 11 is 0. The fraction of sp³-hybridized carbons (Fsp3) is 1.00. The SMILES string of the molecule is COC1CCC(NC(CO)C(C)C)CC1. The molecule has 0 spiro atoms. The number of rotatable bonds is 5. The fourth-order valence-corrected chi connectivity index (χ4v) is 2.22. The van der Waals surface area contributed by atoms with Crippen LogP contribution in [0.5, 0.6) is 0 Å². The summed E-state index contributed by atoms with van der Waals surface area (Å²) < 4.78 is 5.34. The highest BCUT2D eigenvalue weighted by Gasteiger charge is 2.23. The monoisotopic (exact) mass is 215 g/mol. The van der Waals surface area contributed by atoms with Crippen LogP contribution in [0.2, 0.25) is 0 Å². The average Bonchev–Trinajstić information content (AvgIpc) is 2.26. The van der Waals surface area contributed by atoms with Crippen molar-refractivity contribution in [3.05, 3.63) is 0 Å². The summed E-state index contributed by atoms with van der Waals surface area (Å²) in [5, 5.41) is 12.8. The van der Waals surface area contributed by atoms with E-state index >= 15 is 0 Å². The maximum atomic E-state index is 9.24. The van der Waals surface area contributed by atoms with E-state index in [4.69, 9.17) is 4.74 Å². The number of aliphatic hydroxyl groups is 1. The third-order valence-corrected chi connectivity index (χ3v) is 3.46. The van der Waals surface area contributed by atoms with Gasteiger partial charge in [-0.25, -0.2) is 0 Å². The Morgan fingerprint density at radius 3 is 2.27 bits per heavy atom. The first-order valence-electron chi connectivity index (χ1n) is 6.07. The number of hydrogen-bond acceptors (Lipinski definition) is 3. The Labute approximate surface area is 93.2 Å². The molecular formula is C12H25NO2. The molecule has 1 saturated carbocycles. The van der Waals surface area contributed by atoms with Crippen molar-refractivity contribution in [1.29, 1.82) is 0 Å². The Bertz CT molecular complexity index is 165. The molecule has 0 amide bonds. The quantitative estimate of drug-likeness (QED) is 0.731. The second-order valence-corrected chi connectivity index (χ2v) is 4.91. The summed E-state index contributed by atoms with van der Waals surface area (Å²) in [5.41, 5.74) is 0. The molecule has 0 heterocycles. The summed E-state index contributed by atoms with van der Waals surface area (Å²) in [6, 6.07) is 0.810. The van der Waals surface area contributed by atoms with Crippen molar-refractivity contribution in [2.24, 2.45) is 5.92 Å². The molecule has 2 N–H and O–H groups in total. The van der Waals surface area contributed by atoms with Crippen molar-refractivity contribution >= 4 is 0 Å². The lowest BCUT2D eigenvalue weighted by molar-refractivity contribution is 0.0582. The Morgan fingerprint density at radius 2 is 1.87 bits per heavy atom. The molecule has 0 bridgehead atoms. The summed E-state index contributed by atoms with van der Waals surface area (Å²) in [6.07, 6.45) is 5.08. The van der Waals surface area contributed by atoms with E-state index in [1.807, 2.05) is 0 Å². The largest absolute Gasteiger partial charge is 0.395 e. The molecule has 0 aromatic carbocycles. The van der Waals surface area contributed by atoms with Crippen LogP contribution in [0, 0.1) is 5.92 Å². The summed E-state index contributed by atoms with van der Waals surface area (Å²) in [7, 11) is 1.79. The molecule has 0 aromatic heterocycles. The molecule has 0 saturated heterocycles. The molecule has 1 aliphatic rings. The van der Waals surface area contributed by atoms with Gasteiger partial charge in [-0.15, -0.1) is 0 Å². The third-order valence-electron chi connectivity index (χ3n) is 3.46. The summed E-state index contributed by atoms with van der Waals surface area (Å²) in [6.45, 7) is 4.53. The van der Waals surface area contributed by atoms with E-state index in [2.05, 4.69) is 19.2 Å². The lowest BCUT2D eigenvalue weighted by Crippen LogP contribution is -2.45. The van der Waals surface area contributed by atoms with Crippen LogP contribution >= 0.6 is 0 Å². The van der Waals surface area contributed by atoms with Crippen molar-refractivity contribution in [3.63, 3.8) is 0 Å². The van der Waals surface area contributed by atoms with E-state index in [0.29, 0.717) is 18.1 Å². The van der Waals surface area contributed by atoms with Crippen molar-refractivity contribution in [2.75, 3.05) is 13.7 Å². The molecule has 0 aromatic rings. The van der Waals surface area contributed by atoms with Gasteiger partial charge in [0.2, 0.25) is 0 Å². The molecular weight excluding hydrogens is 190 g/mol. The minimum atomic E-state index is 0.238. The predicted molar refractivity (Wildman–Crippen MR) is 61.9 cm³/mol. The van der Waals surface area contributed by atoms with Gasteiger partial charge < -0.3 is 15.2 Å². The zero-order valence-electron chi connectivity index (χ0n) is 10.2. The second-order valence-electron chi connectivity index (χ2n) is 4.91. The van der Waals surface area contributed by atoms with Crippen molar-refractivity contribution in [2.45, 2.75) is 57.7 Å². The smallest absolute Gasteiger partial charge is 0.0587 e. The van der Waals surface area contributed by atoms with Crippen molar-refractivity contribution < 1.29 is 9.84 Å². The van der Waals surface area contributed by atoms with E-state index in [-0.39, 0.29) is 12.6 Å².